The van der Waals surface area contributed by atoms with E-state index in [1.54, 1.807) is 6.07 Å². The van der Waals surface area contributed by atoms with E-state index in [2.05, 4.69) is 47.6 Å². The van der Waals surface area contributed by atoms with Gasteiger partial charge in [0.1, 0.15) is 18.2 Å². The number of aliphatic imine (C=N–C) groups is 1. The van der Waals surface area contributed by atoms with Crippen molar-refractivity contribution in [1.29, 1.82) is 0 Å². The lowest BCUT2D eigenvalue weighted by atomic mass is 10.0. The molecule has 1 aliphatic rings. The van der Waals surface area contributed by atoms with Crippen molar-refractivity contribution in [3.63, 3.8) is 0 Å². The molecule has 0 atom stereocenters. The quantitative estimate of drug-likeness (QED) is 0.273. The number of aldehydes is 1. The molecule has 1 heterocycles. The summed E-state index contributed by atoms with van der Waals surface area (Å²) in [6, 6.07) is 5.24. The number of nitrogens with zero attached hydrogens (tertiary/aromatic N) is 4. The van der Waals surface area contributed by atoms with Gasteiger partial charge in [-0.25, -0.2) is 9.38 Å². The summed E-state index contributed by atoms with van der Waals surface area (Å²) >= 11 is 0. The standard InChI is InChI=1S/C21H31FN4O3/c1-16(2)14-24-21(29-23-3)26-9-7-18(8-10-26)25(4)11-12-28-19-6-5-17(15-27)20(22)13-19/h5-6,13,15-16,18H,3,7-12,14H2,1-2,4H3. The van der Waals surface area contributed by atoms with E-state index in [0.717, 1.165) is 32.5 Å². The number of piperidine rings is 1. The second-order valence-corrected chi connectivity index (χ2v) is 7.59. The molecule has 1 aromatic rings. The number of ether oxygens (including phenoxy) is 1. The van der Waals surface area contributed by atoms with Crippen LogP contribution in [0.15, 0.2) is 28.3 Å². The maximum absolute atomic E-state index is 13.6. The molecule has 7 nitrogen and oxygen atoms in total. The minimum atomic E-state index is -0.565. The lowest BCUT2D eigenvalue weighted by Crippen LogP contribution is -2.46. The van der Waals surface area contributed by atoms with E-state index in [0.29, 0.717) is 43.2 Å². The zero-order valence-corrected chi connectivity index (χ0v) is 17.5. The molecule has 0 unspecified atom stereocenters. The predicted molar refractivity (Wildman–Crippen MR) is 112 cm³/mol. The van der Waals surface area contributed by atoms with Gasteiger partial charge in [0.05, 0.1) is 5.56 Å². The minimum absolute atomic E-state index is 0.0353. The van der Waals surface area contributed by atoms with Crippen LogP contribution in [-0.2, 0) is 4.84 Å². The Labute approximate surface area is 172 Å². The van der Waals surface area contributed by atoms with Gasteiger partial charge in [-0.15, -0.1) is 0 Å². The number of carbonyl (C=O) groups excluding carboxylic acids is 1. The fourth-order valence-corrected chi connectivity index (χ4v) is 3.19. The average Bonchev–Trinajstić information content (AvgIpc) is 2.71. The highest BCUT2D eigenvalue weighted by molar-refractivity contribution is 5.75. The normalized spacial score (nSPS) is 15.7. The van der Waals surface area contributed by atoms with Gasteiger partial charge < -0.3 is 14.5 Å². The van der Waals surface area contributed by atoms with Crippen molar-refractivity contribution in [3.05, 3.63) is 29.6 Å². The first-order valence-electron chi connectivity index (χ1n) is 9.94. The first-order chi connectivity index (χ1) is 13.9. The molecule has 0 saturated carbocycles. The molecule has 0 bridgehead atoms. The first-order valence-corrected chi connectivity index (χ1v) is 9.94. The molecule has 0 spiro atoms. The number of rotatable bonds is 9. The van der Waals surface area contributed by atoms with Gasteiger partial charge in [0.2, 0.25) is 0 Å². The lowest BCUT2D eigenvalue weighted by Gasteiger charge is -2.37. The number of oxime groups is 1. The van der Waals surface area contributed by atoms with E-state index in [4.69, 9.17) is 9.57 Å². The number of hydrogen-bond donors (Lipinski definition) is 0. The molecule has 1 aromatic carbocycles. The molecular weight excluding hydrogens is 375 g/mol. The molecule has 1 saturated heterocycles. The monoisotopic (exact) mass is 406 g/mol. The van der Waals surface area contributed by atoms with Gasteiger partial charge in [0.15, 0.2) is 6.29 Å². The molecule has 0 N–H and O–H groups in total. The first kappa shape index (κ1) is 22.8. The fraction of sp³-hybridized carbons (Fsp3) is 0.571. The number of carbonyl (C=O) groups is 1. The molecule has 0 amide bonds. The zero-order valence-electron chi connectivity index (χ0n) is 17.5. The zero-order chi connectivity index (χ0) is 21.2. The highest BCUT2D eigenvalue weighted by Gasteiger charge is 2.25. The van der Waals surface area contributed by atoms with Crippen LogP contribution >= 0.6 is 0 Å². The third-order valence-corrected chi connectivity index (χ3v) is 4.91. The van der Waals surface area contributed by atoms with Crippen LogP contribution in [0.5, 0.6) is 5.75 Å². The van der Waals surface area contributed by atoms with Crippen molar-refractivity contribution < 1.29 is 18.8 Å². The molecular formula is C21H31FN4O3. The number of amidine groups is 1. The maximum Gasteiger partial charge on any atom is 0.317 e. The summed E-state index contributed by atoms with van der Waals surface area (Å²) in [5.41, 5.74) is 0.0353. The molecule has 0 aliphatic carbocycles. The molecule has 1 fully saturated rings. The number of halogens is 1. The van der Waals surface area contributed by atoms with E-state index in [9.17, 15) is 9.18 Å². The van der Waals surface area contributed by atoms with Crippen LogP contribution < -0.4 is 4.74 Å². The topological polar surface area (TPSA) is 66.7 Å². The summed E-state index contributed by atoms with van der Waals surface area (Å²) < 4.78 is 19.3. The smallest absolute Gasteiger partial charge is 0.317 e. The summed E-state index contributed by atoms with van der Waals surface area (Å²) in [5.74, 6) is 0.311. The van der Waals surface area contributed by atoms with Crippen molar-refractivity contribution in [2.45, 2.75) is 32.7 Å². The lowest BCUT2D eigenvalue weighted by molar-refractivity contribution is 0.111. The van der Waals surface area contributed by atoms with Crippen LogP contribution in [0.25, 0.3) is 0 Å². The molecule has 8 heteroatoms. The van der Waals surface area contributed by atoms with Crippen molar-refractivity contribution in [1.82, 2.24) is 9.80 Å². The van der Waals surface area contributed by atoms with Gasteiger partial charge >= 0.3 is 6.02 Å². The summed E-state index contributed by atoms with van der Waals surface area (Å²) in [5, 5.41) is 3.53. The van der Waals surface area contributed by atoms with Crippen molar-refractivity contribution >= 4 is 19.0 Å². The number of benzene rings is 1. The fourth-order valence-electron chi connectivity index (χ4n) is 3.19. The molecule has 1 aliphatic heterocycles. The summed E-state index contributed by atoms with van der Waals surface area (Å²) in [4.78, 5) is 24.8. The highest BCUT2D eigenvalue weighted by atomic mass is 19.1. The second kappa shape index (κ2) is 11.5. The Balaban J connectivity index is 1.78. The molecule has 2 rings (SSSR count). The Morgan fingerprint density at radius 3 is 2.72 bits per heavy atom. The third-order valence-electron chi connectivity index (χ3n) is 4.91. The SMILES string of the molecule is C=NOC(=NCC(C)C)N1CCC(N(C)CCOc2ccc(C=O)c(F)c2)CC1. The second-order valence-electron chi connectivity index (χ2n) is 7.59. The van der Waals surface area contributed by atoms with Gasteiger partial charge in [-0.1, -0.05) is 19.0 Å². The van der Waals surface area contributed by atoms with E-state index in [1.165, 1.54) is 12.1 Å². The largest absolute Gasteiger partial charge is 0.492 e. The number of hydrogen-bond acceptors (Lipinski definition) is 6. The van der Waals surface area contributed by atoms with E-state index in [-0.39, 0.29) is 5.56 Å². The van der Waals surface area contributed by atoms with E-state index >= 15 is 0 Å². The third kappa shape index (κ3) is 7.12. The van der Waals surface area contributed by atoms with Gasteiger partial charge in [0, 0.05) is 45.0 Å². The van der Waals surface area contributed by atoms with Crippen LogP contribution in [0.3, 0.4) is 0 Å². The summed E-state index contributed by atoms with van der Waals surface area (Å²) in [6.45, 7) is 11.1. The maximum atomic E-state index is 13.6. The minimum Gasteiger partial charge on any atom is -0.492 e. The average molecular weight is 407 g/mol. The molecule has 0 radical (unpaired) electrons. The van der Waals surface area contributed by atoms with Gasteiger partial charge in [-0.3, -0.25) is 9.69 Å². The molecule has 160 valence electrons. The Hall–Kier alpha value is -2.48. The summed E-state index contributed by atoms with van der Waals surface area (Å²) in [6.07, 6.45) is 2.44. The molecule has 0 aromatic heterocycles. The van der Waals surface area contributed by atoms with E-state index < -0.39 is 5.82 Å². The Morgan fingerprint density at radius 1 is 1.41 bits per heavy atom. The number of likely N-dealkylation sites (N-methyl/N-ethyl adjacent to an activating group) is 1. The highest BCUT2D eigenvalue weighted by Crippen LogP contribution is 2.18. The van der Waals surface area contributed by atoms with Crippen molar-refractivity contribution in [2.24, 2.45) is 16.1 Å². The number of likely N-dealkylation sites (tertiary alicyclic amines) is 1. The van der Waals surface area contributed by atoms with Crippen LogP contribution in [0.2, 0.25) is 0 Å². The Bertz CT molecular complexity index is 703. The van der Waals surface area contributed by atoms with Gasteiger partial charge in [-0.05, 0) is 37.9 Å². The van der Waals surface area contributed by atoms with E-state index in [1.807, 2.05) is 0 Å². The summed E-state index contributed by atoms with van der Waals surface area (Å²) in [7, 11) is 2.06. The van der Waals surface area contributed by atoms with Crippen molar-refractivity contribution in [3.8, 4) is 5.75 Å². The molecule has 29 heavy (non-hydrogen) atoms. The van der Waals surface area contributed by atoms with Gasteiger partial charge in [0.25, 0.3) is 0 Å². The predicted octanol–water partition coefficient (Wildman–Crippen LogP) is 3.06. The Morgan fingerprint density at radius 2 is 2.14 bits per heavy atom. The Kier molecular flexibility index (Phi) is 9.05. The van der Waals surface area contributed by atoms with Crippen LogP contribution in [0.1, 0.15) is 37.0 Å². The van der Waals surface area contributed by atoms with Crippen LogP contribution in [-0.4, -0.2) is 74.7 Å². The van der Waals surface area contributed by atoms with Crippen LogP contribution in [0, 0.1) is 11.7 Å². The van der Waals surface area contributed by atoms with Crippen LogP contribution in [0.4, 0.5) is 4.39 Å². The van der Waals surface area contributed by atoms with Gasteiger partial charge in [-0.2, -0.15) is 0 Å². The van der Waals surface area contributed by atoms with Crippen molar-refractivity contribution in [2.75, 3.05) is 39.8 Å².